The van der Waals surface area contributed by atoms with E-state index in [-0.39, 0.29) is 40.9 Å². The first-order valence-electron chi connectivity index (χ1n) is 11.0. The zero-order valence-corrected chi connectivity index (χ0v) is 18.8. The van der Waals surface area contributed by atoms with Gasteiger partial charge in [0.25, 0.3) is 5.91 Å². The highest BCUT2D eigenvalue weighted by atomic mass is 16.5. The van der Waals surface area contributed by atoms with E-state index in [1.807, 2.05) is 19.1 Å². The Morgan fingerprint density at radius 2 is 1.62 bits per heavy atom. The third kappa shape index (κ3) is 4.52. The molecule has 4 rings (SSSR count). The molecule has 1 fully saturated rings. The maximum Gasteiger partial charge on any atom is 0.338 e. The number of nitrogens with one attached hydrogen (secondary N) is 1. The first-order valence-corrected chi connectivity index (χ1v) is 11.0. The van der Waals surface area contributed by atoms with Gasteiger partial charge in [-0.3, -0.25) is 24.1 Å². The quantitative estimate of drug-likeness (QED) is 0.306. The van der Waals surface area contributed by atoms with E-state index in [4.69, 9.17) is 4.74 Å². The second-order valence-electron chi connectivity index (χ2n) is 8.47. The van der Waals surface area contributed by atoms with Crippen molar-refractivity contribution in [2.45, 2.75) is 20.3 Å². The van der Waals surface area contributed by atoms with Crippen LogP contribution in [0.4, 0.5) is 11.4 Å². The summed E-state index contributed by atoms with van der Waals surface area (Å²) in [5, 5.41) is 2.58. The standard InChI is InChI=1S/C26H24N2O6/c1-15-4-3-5-21-23(15)25(32)28(24(21)31)20-12-8-18(9-13-20)26(33)34-14-22(30)27-19-10-6-17(7-11-19)16(2)29/h3-4,6-13,15,21,23H,5,14H2,1-2H3,(H,27,30)/t15-,21+,23-/m0/s1. The topological polar surface area (TPSA) is 110 Å². The van der Waals surface area contributed by atoms with Crippen LogP contribution in [-0.2, 0) is 19.1 Å². The van der Waals surface area contributed by atoms with Crippen LogP contribution in [0.25, 0.3) is 0 Å². The summed E-state index contributed by atoms with van der Waals surface area (Å²) in [6.45, 7) is 2.88. The van der Waals surface area contributed by atoms with Gasteiger partial charge in [0.15, 0.2) is 12.4 Å². The number of fused-ring (bicyclic) bond motifs is 1. The molecule has 2 aromatic carbocycles. The fraction of sp³-hybridized carbons (Fsp3) is 0.269. The Bertz CT molecular complexity index is 1180. The molecule has 8 nitrogen and oxygen atoms in total. The summed E-state index contributed by atoms with van der Waals surface area (Å²) >= 11 is 0. The van der Waals surface area contributed by atoms with Gasteiger partial charge in [0.1, 0.15) is 0 Å². The molecule has 2 aliphatic rings. The lowest BCUT2D eigenvalue weighted by Crippen LogP contribution is -2.31. The first-order chi connectivity index (χ1) is 16.3. The zero-order valence-electron chi connectivity index (χ0n) is 18.8. The third-order valence-electron chi connectivity index (χ3n) is 6.14. The molecule has 1 aliphatic heterocycles. The highest BCUT2D eigenvalue weighted by Crippen LogP contribution is 2.40. The Hall–Kier alpha value is -4.07. The predicted octanol–water partition coefficient (Wildman–Crippen LogP) is 3.39. The Morgan fingerprint density at radius 1 is 0.971 bits per heavy atom. The molecule has 3 atom stereocenters. The number of benzene rings is 2. The molecule has 0 radical (unpaired) electrons. The van der Waals surface area contributed by atoms with Crippen LogP contribution in [0, 0.1) is 17.8 Å². The van der Waals surface area contributed by atoms with Gasteiger partial charge >= 0.3 is 5.97 Å². The summed E-state index contributed by atoms with van der Waals surface area (Å²) < 4.78 is 5.06. The average molecular weight is 460 g/mol. The highest BCUT2D eigenvalue weighted by molar-refractivity contribution is 6.22. The van der Waals surface area contributed by atoms with Gasteiger partial charge in [0, 0.05) is 11.3 Å². The number of allylic oxidation sites excluding steroid dienone is 2. The van der Waals surface area contributed by atoms with Crippen molar-refractivity contribution in [3.63, 3.8) is 0 Å². The Labute approximate surface area is 196 Å². The summed E-state index contributed by atoms with van der Waals surface area (Å²) in [4.78, 5) is 62.6. The zero-order chi connectivity index (χ0) is 24.4. The number of carbonyl (C=O) groups is 5. The van der Waals surface area contributed by atoms with E-state index in [0.29, 0.717) is 23.4 Å². The lowest BCUT2D eigenvalue weighted by atomic mass is 9.78. The molecular formula is C26H24N2O6. The number of esters is 1. The molecule has 1 heterocycles. The minimum absolute atomic E-state index is 0.00679. The first kappa shape index (κ1) is 23.1. The van der Waals surface area contributed by atoms with Gasteiger partial charge in [-0.05, 0) is 67.8 Å². The van der Waals surface area contributed by atoms with Gasteiger partial charge in [0.2, 0.25) is 11.8 Å². The Morgan fingerprint density at radius 3 is 2.24 bits per heavy atom. The van der Waals surface area contributed by atoms with Crippen molar-refractivity contribution in [3.05, 3.63) is 71.8 Å². The largest absolute Gasteiger partial charge is 0.452 e. The molecule has 1 N–H and O–H groups in total. The summed E-state index contributed by atoms with van der Waals surface area (Å²) in [5.74, 6) is -2.49. The summed E-state index contributed by atoms with van der Waals surface area (Å²) in [6.07, 6.45) is 4.45. The van der Waals surface area contributed by atoms with Crippen molar-refractivity contribution in [1.29, 1.82) is 0 Å². The minimum atomic E-state index is -0.709. The second kappa shape index (κ2) is 9.43. The Kier molecular flexibility index (Phi) is 6.40. The maximum absolute atomic E-state index is 12.9. The van der Waals surface area contributed by atoms with E-state index in [0.717, 1.165) is 0 Å². The van der Waals surface area contributed by atoms with E-state index in [2.05, 4.69) is 5.32 Å². The fourth-order valence-electron chi connectivity index (χ4n) is 4.35. The van der Waals surface area contributed by atoms with Crippen LogP contribution in [0.5, 0.6) is 0 Å². The molecule has 34 heavy (non-hydrogen) atoms. The van der Waals surface area contributed by atoms with Gasteiger partial charge in [0.05, 0.1) is 23.1 Å². The van der Waals surface area contributed by atoms with Crippen LogP contribution >= 0.6 is 0 Å². The molecule has 0 spiro atoms. The lowest BCUT2D eigenvalue weighted by molar-refractivity contribution is -0.123. The van der Waals surface area contributed by atoms with Crippen LogP contribution in [0.1, 0.15) is 41.0 Å². The summed E-state index contributed by atoms with van der Waals surface area (Å²) in [5.41, 5.74) is 1.59. The van der Waals surface area contributed by atoms with Gasteiger partial charge in [-0.1, -0.05) is 19.1 Å². The van der Waals surface area contributed by atoms with Crippen LogP contribution in [0.15, 0.2) is 60.7 Å². The molecule has 174 valence electrons. The van der Waals surface area contributed by atoms with E-state index in [1.165, 1.54) is 36.1 Å². The van der Waals surface area contributed by atoms with Crippen molar-refractivity contribution in [2.75, 3.05) is 16.8 Å². The van der Waals surface area contributed by atoms with Gasteiger partial charge in [-0.15, -0.1) is 0 Å². The number of hydrogen-bond acceptors (Lipinski definition) is 6. The fourth-order valence-corrected chi connectivity index (χ4v) is 4.35. The molecule has 0 bridgehead atoms. The normalized spacial score (nSPS) is 21.2. The third-order valence-corrected chi connectivity index (χ3v) is 6.14. The number of Topliss-reactive ketones (excluding diaryl/α,β-unsaturated/α-hetero) is 1. The van der Waals surface area contributed by atoms with Crippen molar-refractivity contribution in [1.82, 2.24) is 0 Å². The molecule has 1 saturated heterocycles. The Balaban J connectivity index is 1.34. The molecular weight excluding hydrogens is 436 g/mol. The van der Waals surface area contributed by atoms with Gasteiger partial charge in [-0.25, -0.2) is 4.79 Å². The van der Waals surface area contributed by atoms with Gasteiger partial charge in [-0.2, -0.15) is 0 Å². The minimum Gasteiger partial charge on any atom is -0.452 e. The molecule has 0 saturated carbocycles. The molecule has 1 aliphatic carbocycles. The number of nitrogens with zero attached hydrogens (tertiary/aromatic N) is 1. The second-order valence-corrected chi connectivity index (χ2v) is 8.47. The number of anilines is 2. The van der Waals surface area contributed by atoms with E-state index in [1.54, 1.807) is 24.3 Å². The number of imide groups is 1. The van der Waals surface area contributed by atoms with Crippen LogP contribution < -0.4 is 10.2 Å². The van der Waals surface area contributed by atoms with Crippen molar-refractivity contribution in [2.24, 2.45) is 17.8 Å². The SMILES string of the molecule is CC(=O)c1ccc(NC(=O)COC(=O)c2ccc(N3C(=O)[C@H]4[C@@H](C)C=CC[C@H]4C3=O)cc2)cc1. The highest BCUT2D eigenvalue weighted by Gasteiger charge is 2.50. The lowest BCUT2D eigenvalue weighted by Gasteiger charge is -2.22. The van der Waals surface area contributed by atoms with Crippen molar-refractivity contribution in [3.8, 4) is 0 Å². The van der Waals surface area contributed by atoms with Crippen LogP contribution in [-0.4, -0.2) is 36.1 Å². The molecule has 0 unspecified atom stereocenters. The number of ketones is 1. The smallest absolute Gasteiger partial charge is 0.338 e. The average Bonchev–Trinajstić information content (AvgIpc) is 3.08. The number of amides is 3. The molecule has 3 amide bonds. The van der Waals surface area contributed by atoms with Crippen molar-refractivity contribution >= 4 is 40.8 Å². The van der Waals surface area contributed by atoms with Crippen LogP contribution in [0.3, 0.4) is 0 Å². The number of ether oxygens (including phenoxy) is 1. The van der Waals surface area contributed by atoms with Crippen LogP contribution in [0.2, 0.25) is 0 Å². The molecule has 8 heteroatoms. The van der Waals surface area contributed by atoms with Gasteiger partial charge < -0.3 is 10.1 Å². The van der Waals surface area contributed by atoms with E-state index < -0.39 is 18.5 Å². The number of carbonyl (C=O) groups excluding carboxylic acids is 5. The molecule has 2 aromatic rings. The van der Waals surface area contributed by atoms with E-state index >= 15 is 0 Å². The summed E-state index contributed by atoms with van der Waals surface area (Å²) in [6, 6.07) is 12.3. The van der Waals surface area contributed by atoms with E-state index in [9.17, 15) is 24.0 Å². The van der Waals surface area contributed by atoms with Crippen molar-refractivity contribution < 1.29 is 28.7 Å². The molecule has 0 aromatic heterocycles. The number of hydrogen-bond donors (Lipinski definition) is 1. The number of rotatable bonds is 6. The predicted molar refractivity (Wildman–Crippen MR) is 124 cm³/mol. The monoisotopic (exact) mass is 460 g/mol. The maximum atomic E-state index is 12.9. The summed E-state index contributed by atoms with van der Waals surface area (Å²) in [7, 11) is 0.